The van der Waals surface area contributed by atoms with E-state index in [-0.39, 0.29) is 13.1 Å². The zero-order valence-corrected chi connectivity index (χ0v) is 16.4. The number of sulfonamides is 1. The SMILES string of the molecule is Cc1ccc(CN(Cc2ccccc2)S(=O)(=O)c2cccc3ccccc23)o1. The number of furan rings is 1. The van der Waals surface area contributed by atoms with E-state index in [1.54, 1.807) is 12.1 Å². The van der Waals surface area contributed by atoms with E-state index in [2.05, 4.69) is 0 Å². The van der Waals surface area contributed by atoms with E-state index >= 15 is 0 Å². The van der Waals surface area contributed by atoms with Crippen LogP contribution in [-0.4, -0.2) is 12.7 Å². The van der Waals surface area contributed by atoms with Gasteiger partial charge in [0.2, 0.25) is 10.0 Å². The fourth-order valence-corrected chi connectivity index (χ4v) is 4.93. The van der Waals surface area contributed by atoms with E-state index in [1.807, 2.05) is 79.7 Å². The molecule has 1 aromatic heterocycles. The maximum Gasteiger partial charge on any atom is 0.244 e. The Balaban J connectivity index is 1.79. The summed E-state index contributed by atoms with van der Waals surface area (Å²) in [4.78, 5) is 0.310. The highest BCUT2D eigenvalue weighted by Crippen LogP contribution is 2.28. The third kappa shape index (κ3) is 3.72. The highest BCUT2D eigenvalue weighted by molar-refractivity contribution is 7.89. The molecule has 5 heteroatoms. The van der Waals surface area contributed by atoms with Crippen LogP contribution in [0.3, 0.4) is 0 Å². The van der Waals surface area contributed by atoms with Crippen molar-refractivity contribution in [3.8, 4) is 0 Å². The van der Waals surface area contributed by atoms with Gasteiger partial charge >= 0.3 is 0 Å². The van der Waals surface area contributed by atoms with Gasteiger partial charge in [0, 0.05) is 11.9 Å². The van der Waals surface area contributed by atoms with Crippen molar-refractivity contribution >= 4 is 20.8 Å². The molecule has 3 aromatic carbocycles. The number of hydrogen-bond acceptors (Lipinski definition) is 3. The van der Waals surface area contributed by atoms with Crippen LogP contribution in [0.4, 0.5) is 0 Å². The summed E-state index contributed by atoms with van der Waals surface area (Å²) in [7, 11) is -3.74. The lowest BCUT2D eigenvalue weighted by Gasteiger charge is -2.22. The van der Waals surface area contributed by atoms with Crippen molar-refractivity contribution in [2.24, 2.45) is 0 Å². The summed E-state index contributed by atoms with van der Waals surface area (Å²) in [5, 5.41) is 1.62. The molecule has 0 aliphatic rings. The molecule has 0 radical (unpaired) electrons. The number of fused-ring (bicyclic) bond motifs is 1. The summed E-state index contributed by atoms with van der Waals surface area (Å²) in [5.74, 6) is 1.38. The van der Waals surface area contributed by atoms with E-state index in [4.69, 9.17) is 4.42 Å². The summed E-state index contributed by atoms with van der Waals surface area (Å²) >= 11 is 0. The molecule has 142 valence electrons. The van der Waals surface area contributed by atoms with Gasteiger partial charge in [-0.15, -0.1) is 0 Å². The zero-order chi connectivity index (χ0) is 19.6. The van der Waals surface area contributed by atoms with Crippen LogP contribution in [-0.2, 0) is 23.1 Å². The van der Waals surface area contributed by atoms with Gasteiger partial charge in [-0.2, -0.15) is 4.31 Å². The first kappa shape index (κ1) is 18.5. The fourth-order valence-electron chi connectivity index (χ4n) is 3.32. The number of nitrogens with zero attached hydrogens (tertiary/aromatic N) is 1. The van der Waals surface area contributed by atoms with Crippen LogP contribution in [0.1, 0.15) is 17.1 Å². The Kier molecular flexibility index (Phi) is 5.03. The molecule has 0 fully saturated rings. The Morgan fingerprint density at radius 2 is 1.50 bits per heavy atom. The first-order valence-electron chi connectivity index (χ1n) is 9.11. The van der Waals surface area contributed by atoms with E-state index in [1.165, 1.54) is 4.31 Å². The molecular weight excluding hydrogens is 370 g/mol. The van der Waals surface area contributed by atoms with Gasteiger partial charge in [0.05, 0.1) is 11.4 Å². The minimum Gasteiger partial charge on any atom is -0.465 e. The first-order chi connectivity index (χ1) is 13.5. The predicted octanol–water partition coefficient (Wildman–Crippen LogP) is 5.13. The Morgan fingerprint density at radius 3 is 2.25 bits per heavy atom. The lowest BCUT2D eigenvalue weighted by atomic mass is 10.1. The molecule has 4 nitrogen and oxygen atoms in total. The molecule has 0 atom stereocenters. The fraction of sp³-hybridized carbons (Fsp3) is 0.130. The van der Waals surface area contributed by atoms with Crippen LogP contribution in [0.5, 0.6) is 0 Å². The molecule has 0 aliphatic heterocycles. The standard InChI is InChI=1S/C23H21NO3S/c1-18-14-15-21(27-18)17-24(16-19-8-3-2-4-9-19)28(25,26)23-13-7-11-20-10-5-6-12-22(20)23/h2-15H,16-17H2,1H3. The van der Waals surface area contributed by atoms with Crippen molar-refractivity contribution in [1.82, 2.24) is 4.31 Å². The zero-order valence-electron chi connectivity index (χ0n) is 15.6. The van der Waals surface area contributed by atoms with Gasteiger partial charge in [-0.1, -0.05) is 66.7 Å². The Labute approximate surface area is 165 Å². The minimum atomic E-state index is -3.74. The van der Waals surface area contributed by atoms with Crippen LogP contribution in [0.15, 0.2) is 94.2 Å². The normalized spacial score (nSPS) is 11.9. The molecule has 1 heterocycles. The lowest BCUT2D eigenvalue weighted by Crippen LogP contribution is -2.30. The monoisotopic (exact) mass is 391 g/mol. The van der Waals surface area contributed by atoms with Crippen molar-refractivity contribution in [1.29, 1.82) is 0 Å². The quantitative estimate of drug-likeness (QED) is 0.458. The molecule has 0 saturated heterocycles. The van der Waals surface area contributed by atoms with Crippen LogP contribution in [0, 0.1) is 6.92 Å². The Morgan fingerprint density at radius 1 is 0.786 bits per heavy atom. The molecule has 0 bridgehead atoms. The molecule has 0 saturated carbocycles. The lowest BCUT2D eigenvalue weighted by molar-refractivity contribution is 0.354. The first-order valence-corrected chi connectivity index (χ1v) is 10.6. The van der Waals surface area contributed by atoms with Crippen molar-refractivity contribution in [2.75, 3.05) is 0 Å². The van der Waals surface area contributed by atoms with Crippen molar-refractivity contribution < 1.29 is 12.8 Å². The number of hydrogen-bond donors (Lipinski definition) is 0. The highest BCUT2D eigenvalue weighted by atomic mass is 32.2. The third-order valence-corrected chi connectivity index (χ3v) is 6.55. The van der Waals surface area contributed by atoms with E-state index in [9.17, 15) is 8.42 Å². The molecule has 4 aromatic rings. The minimum absolute atomic E-state index is 0.175. The maximum absolute atomic E-state index is 13.6. The largest absolute Gasteiger partial charge is 0.465 e. The second-order valence-corrected chi connectivity index (χ2v) is 8.65. The molecule has 0 amide bonds. The summed E-state index contributed by atoms with van der Waals surface area (Å²) < 4.78 is 34.4. The van der Waals surface area contributed by atoms with Gasteiger partial charge in [0.25, 0.3) is 0 Å². The molecule has 0 spiro atoms. The highest BCUT2D eigenvalue weighted by Gasteiger charge is 2.27. The van der Waals surface area contributed by atoms with Crippen LogP contribution in [0.2, 0.25) is 0 Å². The smallest absolute Gasteiger partial charge is 0.244 e. The topological polar surface area (TPSA) is 50.5 Å². The van der Waals surface area contributed by atoms with Gasteiger partial charge in [0.15, 0.2) is 0 Å². The molecule has 0 aliphatic carbocycles. The second-order valence-electron chi connectivity index (χ2n) is 6.75. The molecule has 0 unspecified atom stereocenters. The van der Waals surface area contributed by atoms with Crippen molar-refractivity contribution in [3.05, 3.63) is 102 Å². The van der Waals surface area contributed by atoms with Gasteiger partial charge in [-0.3, -0.25) is 0 Å². The second kappa shape index (κ2) is 7.62. The average molecular weight is 391 g/mol. The maximum atomic E-state index is 13.6. The van der Waals surface area contributed by atoms with Crippen molar-refractivity contribution in [2.45, 2.75) is 24.9 Å². The Hall–Kier alpha value is -2.89. The molecule has 28 heavy (non-hydrogen) atoms. The van der Waals surface area contributed by atoms with Gasteiger partial charge in [-0.25, -0.2) is 8.42 Å². The summed E-state index contributed by atoms with van der Waals surface area (Å²) in [5.41, 5.74) is 0.926. The van der Waals surface area contributed by atoms with Gasteiger partial charge in [0.1, 0.15) is 11.5 Å². The summed E-state index contributed by atoms with van der Waals surface area (Å²) in [6, 6.07) is 26.2. The average Bonchev–Trinajstić information content (AvgIpc) is 3.12. The third-order valence-electron chi connectivity index (χ3n) is 4.70. The van der Waals surface area contributed by atoms with E-state index in [0.717, 1.165) is 22.1 Å². The number of benzene rings is 3. The summed E-state index contributed by atoms with van der Waals surface area (Å²) in [6.45, 7) is 2.30. The number of aryl methyl sites for hydroxylation is 1. The van der Waals surface area contributed by atoms with Crippen LogP contribution in [0.25, 0.3) is 10.8 Å². The molecule has 4 rings (SSSR count). The number of rotatable bonds is 6. The van der Waals surface area contributed by atoms with Crippen LogP contribution >= 0.6 is 0 Å². The van der Waals surface area contributed by atoms with Gasteiger partial charge < -0.3 is 4.42 Å². The Bertz CT molecular complexity index is 1190. The molecule has 0 N–H and O–H groups in total. The molecular formula is C23H21NO3S. The van der Waals surface area contributed by atoms with Crippen molar-refractivity contribution in [3.63, 3.8) is 0 Å². The summed E-state index contributed by atoms with van der Waals surface area (Å²) in [6.07, 6.45) is 0. The van der Waals surface area contributed by atoms with Gasteiger partial charge in [-0.05, 0) is 36.1 Å². The van der Waals surface area contributed by atoms with Crippen LogP contribution < -0.4 is 0 Å². The van der Waals surface area contributed by atoms with E-state index < -0.39 is 10.0 Å². The predicted molar refractivity (Wildman–Crippen MR) is 110 cm³/mol. The van der Waals surface area contributed by atoms with E-state index in [0.29, 0.717) is 10.7 Å².